The smallest absolute Gasteiger partial charge is 0.156 e. The molecule has 0 radical (unpaired) electrons. The lowest BCUT2D eigenvalue weighted by atomic mass is 10.3. The first-order chi connectivity index (χ1) is 10.8. The Morgan fingerprint density at radius 2 is 1.95 bits per heavy atom. The van der Waals surface area contributed by atoms with Crippen LogP contribution in [-0.4, -0.2) is 33.0 Å². The Morgan fingerprint density at radius 1 is 1.05 bits per heavy atom. The molecule has 2 N–H and O–H groups in total. The van der Waals surface area contributed by atoms with Gasteiger partial charge in [0.15, 0.2) is 5.82 Å². The van der Waals surface area contributed by atoms with Crippen LogP contribution in [0.15, 0.2) is 43.0 Å². The van der Waals surface area contributed by atoms with Crippen LogP contribution in [0.5, 0.6) is 0 Å². The molecule has 0 amide bonds. The van der Waals surface area contributed by atoms with E-state index in [2.05, 4.69) is 30.6 Å². The zero-order valence-electron chi connectivity index (χ0n) is 12.5. The number of fused-ring (bicyclic) bond motifs is 1. The maximum atomic E-state index is 4.51. The number of nitrogens with one attached hydrogen (secondary N) is 2. The summed E-state index contributed by atoms with van der Waals surface area (Å²) < 4.78 is 0. The second-order valence-corrected chi connectivity index (χ2v) is 4.99. The fourth-order valence-corrected chi connectivity index (χ4v) is 2.16. The van der Waals surface area contributed by atoms with Crippen molar-refractivity contribution < 1.29 is 0 Å². The average Bonchev–Trinajstić information content (AvgIpc) is 2.56. The molecule has 0 unspecified atom stereocenters. The zero-order chi connectivity index (χ0) is 15.2. The molecule has 3 heterocycles. The Hall–Kier alpha value is -2.76. The van der Waals surface area contributed by atoms with E-state index >= 15 is 0 Å². The minimum atomic E-state index is 0.787. The molecule has 0 saturated carbocycles. The van der Waals surface area contributed by atoms with Crippen LogP contribution in [0.3, 0.4) is 0 Å². The highest BCUT2D eigenvalue weighted by Crippen LogP contribution is 2.16. The predicted octanol–water partition coefficient (Wildman–Crippen LogP) is 2.64. The third kappa shape index (κ3) is 3.46. The maximum absolute atomic E-state index is 4.51. The molecule has 0 aliphatic rings. The highest BCUT2D eigenvalue weighted by Gasteiger charge is 2.04. The molecule has 22 heavy (non-hydrogen) atoms. The molecule has 3 aromatic heterocycles. The van der Waals surface area contributed by atoms with Crippen molar-refractivity contribution in [3.63, 3.8) is 0 Å². The molecule has 0 aromatic carbocycles. The summed E-state index contributed by atoms with van der Waals surface area (Å²) in [6, 6.07) is 7.85. The first kappa shape index (κ1) is 14.2. The number of pyridine rings is 2. The lowest BCUT2D eigenvalue weighted by Crippen LogP contribution is -2.10. The summed E-state index contributed by atoms with van der Waals surface area (Å²) in [5.41, 5.74) is 3.68. The van der Waals surface area contributed by atoms with E-state index in [0.29, 0.717) is 0 Å². The number of anilines is 2. The average molecular weight is 294 g/mol. The summed E-state index contributed by atoms with van der Waals surface area (Å²) >= 11 is 0. The van der Waals surface area contributed by atoms with Crippen molar-refractivity contribution in [1.82, 2.24) is 19.9 Å². The van der Waals surface area contributed by atoms with Gasteiger partial charge in [0.2, 0.25) is 0 Å². The quantitative estimate of drug-likeness (QED) is 0.681. The van der Waals surface area contributed by atoms with E-state index in [0.717, 1.165) is 47.7 Å². The van der Waals surface area contributed by atoms with Crippen LogP contribution in [0.2, 0.25) is 0 Å². The van der Waals surface area contributed by atoms with Gasteiger partial charge in [0.1, 0.15) is 11.8 Å². The molecule has 112 valence electrons. The van der Waals surface area contributed by atoms with Crippen molar-refractivity contribution >= 4 is 22.5 Å². The molecule has 0 saturated heterocycles. The minimum Gasteiger partial charge on any atom is -0.384 e. The summed E-state index contributed by atoms with van der Waals surface area (Å²) in [5, 5.41) is 6.66. The van der Waals surface area contributed by atoms with Crippen molar-refractivity contribution in [3.05, 3.63) is 48.7 Å². The Kier molecular flexibility index (Phi) is 4.38. The molecule has 6 heteroatoms. The lowest BCUT2D eigenvalue weighted by Gasteiger charge is -2.09. The summed E-state index contributed by atoms with van der Waals surface area (Å²) in [7, 11) is 0. The normalized spacial score (nSPS) is 10.6. The number of hydrogen-bond acceptors (Lipinski definition) is 6. The molecule has 0 fully saturated rings. The van der Waals surface area contributed by atoms with Crippen LogP contribution in [0.1, 0.15) is 12.1 Å². The van der Waals surface area contributed by atoms with Crippen LogP contribution in [0.25, 0.3) is 11.0 Å². The van der Waals surface area contributed by atoms with Gasteiger partial charge in [0, 0.05) is 31.2 Å². The fraction of sp³-hybridized carbons (Fsp3) is 0.250. The van der Waals surface area contributed by atoms with Gasteiger partial charge < -0.3 is 10.6 Å². The Labute approximate surface area is 129 Å². The first-order valence-corrected chi connectivity index (χ1v) is 7.29. The van der Waals surface area contributed by atoms with Crippen LogP contribution < -0.4 is 10.6 Å². The van der Waals surface area contributed by atoms with E-state index in [4.69, 9.17) is 0 Å². The van der Waals surface area contributed by atoms with Gasteiger partial charge in [-0.05, 0) is 37.6 Å². The van der Waals surface area contributed by atoms with E-state index in [1.807, 2.05) is 37.4 Å². The molecule has 0 spiro atoms. The third-order valence-corrected chi connectivity index (χ3v) is 3.26. The van der Waals surface area contributed by atoms with E-state index in [-0.39, 0.29) is 0 Å². The van der Waals surface area contributed by atoms with Gasteiger partial charge in [0.25, 0.3) is 0 Å². The summed E-state index contributed by atoms with van der Waals surface area (Å²) in [6.45, 7) is 3.65. The van der Waals surface area contributed by atoms with Gasteiger partial charge in [-0.25, -0.2) is 15.0 Å². The summed E-state index contributed by atoms with van der Waals surface area (Å²) in [6.07, 6.45) is 6.11. The topological polar surface area (TPSA) is 75.6 Å². The van der Waals surface area contributed by atoms with Crippen molar-refractivity contribution in [2.24, 2.45) is 0 Å². The van der Waals surface area contributed by atoms with Gasteiger partial charge in [-0.1, -0.05) is 0 Å². The van der Waals surface area contributed by atoms with E-state index in [1.54, 1.807) is 12.5 Å². The summed E-state index contributed by atoms with van der Waals surface area (Å²) in [5.74, 6) is 0.787. The van der Waals surface area contributed by atoms with E-state index in [1.165, 1.54) is 0 Å². The molecule has 6 nitrogen and oxygen atoms in total. The number of nitrogens with zero attached hydrogens (tertiary/aromatic N) is 4. The largest absolute Gasteiger partial charge is 0.384 e. The predicted molar refractivity (Wildman–Crippen MR) is 87.9 cm³/mol. The lowest BCUT2D eigenvalue weighted by molar-refractivity contribution is 0.902. The second kappa shape index (κ2) is 6.80. The van der Waals surface area contributed by atoms with Crippen LogP contribution >= 0.6 is 0 Å². The highest BCUT2D eigenvalue weighted by atomic mass is 15.0. The Balaban J connectivity index is 1.55. The molecule has 3 rings (SSSR count). The van der Waals surface area contributed by atoms with Crippen molar-refractivity contribution in [3.8, 4) is 0 Å². The van der Waals surface area contributed by atoms with Crippen LogP contribution in [0, 0.1) is 6.92 Å². The maximum Gasteiger partial charge on any atom is 0.156 e. The third-order valence-electron chi connectivity index (χ3n) is 3.26. The SMILES string of the molecule is Cc1ccc2ncnc(NCCCNc3cccnc3)c2n1. The first-order valence-electron chi connectivity index (χ1n) is 7.29. The zero-order valence-corrected chi connectivity index (χ0v) is 12.5. The van der Waals surface area contributed by atoms with Gasteiger partial charge in [0.05, 0.1) is 11.2 Å². The molecule has 0 atom stereocenters. The number of rotatable bonds is 6. The number of aryl methyl sites for hydroxylation is 1. The molecular weight excluding hydrogens is 276 g/mol. The molecular formula is C16H18N6. The number of aromatic nitrogens is 4. The Bertz CT molecular complexity index is 744. The van der Waals surface area contributed by atoms with E-state index in [9.17, 15) is 0 Å². The monoisotopic (exact) mass is 294 g/mol. The summed E-state index contributed by atoms with van der Waals surface area (Å²) in [4.78, 5) is 17.1. The van der Waals surface area contributed by atoms with Gasteiger partial charge in [-0.3, -0.25) is 4.98 Å². The second-order valence-electron chi connectivity index (χ2n) is 4.99. The fourth-order valence-electron chi connectivity index (χ4n) is 2.16. The number of hydrogen-bond donors (Lipinski definition) is 2. The standard InChI is InChI=1S/C16H18N6/c1-12-5-6-14-15(22-12)16(21-11-20-14)19-9-3-8-18-13-4-2-7-17-10-13/h2,4-7,10-11,18H,3,8-9H2,1H3,(H,19,20,21). The highest BCUT2D eigenvalue weighted by molar-refractivity contribution is 5.84. The minimum absolute atomic E-state index is 0.787. The van der Waals surface area contributed by atoms with Crippen LogP contribution in [-0.2, 0) is 0 Å². The van der Waals surface area contributed by atoms with Gasteiger partial charge in [-0.2, -0.15) is 0 Å². The van der Waals surface area contributed by atoms with Crippen molar-refractivity contribution in [2.75, 3.05) is 23.7 Å². The molecule has 0 aliphatic heterocycles. The van der Waals surface area contributed by atoms with Gasteiger partial charge in [-0.15, -0.1) is 0 Å². The molecule has 0 aliphatic carbocycles. The van der Waals surface area contributed by atoms with E-state index < -0.39 is 0 Å². The molecule has 0 bridgehead atoms. The van der Waals surface area contributed by atoms with Crippen molar-refractivity contribution in [2.45, 2.75) is 13.3 Å². The van der Waals surface area contributed by atoms with Crippen LogP contribution in [0.4, 0.5) is 11.5 Å². The Morgan fingerprint density at radius 3 is 2.82 bits per heavy atom. The molecule has 3 aromatic rings. The van der Waals surface area contributed by atoms with Crippen molar-refractivity contribution in [1.29, 1.82) is 0 Å². The van der Waals surface area contributed by atoms with Gasteiger partial charge >= 0.3 is 0 Å².